The molecule has 3 rings (SSSR count). The zero-order valence-electron chi connectivity index (χ0n) is 30.8. The SMILES string of the molecule is Cc1c(O)c(=O)ccn1CCCCCCCCCCC(=O)O.Cc1c(OCc2ccccc2)c(=O)ccn1CCCCCCCCCCC(=O)O. The van der Waals surface area contributed by atoms with Gasteiger partial charge in [0.25, 0.3) is 0 Å². The standard InChI is InChI=1S/C24H33NO4.C17H27NO4/c1-20-24(29-19-21-13-9-8-10-14-21)22(26)16-18-25(20)17-12-7-5-3-2-4-6-11-15-23(27)28;1-14-17(22)15(19)11-13-18(14)12-9-7-5-3-2-4-6-8-10-16(20)21/h8-10,13-14,16,18H,2-7,11-12,15,17,19H2,1H3,(H,27,28);11,13,22H,2-10,12H2,1H3,(H,20,21). The second-order valence-corrected chi connectivity index (χ2v) is 13.3. The fourth-order valence-corrected chi connectivity index (χ4v) is 5.94. The molecule has 0 amide bonds. The van der Waals surface area contributed by atoms with E-state index in [2.05, 4.69) is 4.57 Å². The zero-order chi connectivity index (χ0) is 37.3. The van der Waals surface area contributed by atoms with Crippen LogP contribution in [-0.4, -0.2) is 36.4 Å². The lowest BCUT2D eigenvalue weighted by molar-refractivity contribution is -0.138. The zero-order valence-corrected chi connectivity index (χ0v) is 30.8. The molecule has 51 heavy (non-hydrogen) atoms. The topological polar surface area (TPSA) is 148 Å². The van der Waals surface area contributed by atoms with E-state index in [0.717, 1.165) is 95.0 Å². The minimum atomic E-state index is -0.705. The first-order valence-corrected chi connectivity index (χ1v) is 18.8. The Hall–Kier alpha value is -4.34. The Morgan fingerprint density at radius 2 is 0.980 bits per heavy atom. The highest BCUT2D eigenvalue weighted by Gasteiger charge is 2.09. The molecule has 0 aliphatic carbocycles. The summed E-state index contributed by atoms with van der Waals surface area (Å²) in [5, 5.41) is 26.7. The van der Waals surface area contributed by atoms with Gasteiger partial charge in [-0.1, -0.05) is 107 Å². The first-order chi connectivity index (χ1) is 24.6. The van der Waals surface area contributed by atoms with Crippen molar-refractivity contribution in [1.82, 2.24) is 9.13 Å². The summed E-state index contributed by atoms with van der Waals surface area (Å²) in [6, 6.07) is 12.9. The summed E-state index contributed by atoms with van der Waals surface area (Å²) in [6.07, 6.45) is 21.4. The molecule has 0 atom stereocenters. The predicted octanol–water partition coefficient (Wildman–Crippen LogP) is 8.79. The average molecular weight is 709 g/mol. The number of aromatic hydroxyl groups is 1. The molecular formula is C41H60N2O8. The normalized spacial score (nSPS) is 10.8. The molecule has 10 heteroatoms. The van der Waals surface area contributed by atoms with Crippen LogP contribution < -0.4 is 15.6 Å². The van der Waals surface area contributed by atoms with Crippen LogP contribution in [0, 0.1) is 13.8 Å². The van der Waals surface area contributed by atoms with Gasteiger partial charge in [0.2, 0.25) is 10.9 Å². The van der Waals surface area contributed by atoms with Crippen molar-refractivity contribution in [3.63, 3.8) is 0 Å². The summed E-state index contributed by atoms with van der Waals surface area (Å²) in [5.74, 6) is -1.11. The number of carboxylic acids is 2. The van der Waals surface area contributed by atoms with Gasteiger partial charge in [-0.15, -0.1) is 0 Å². The molecular weight excluding hydrogens is 648 g/mol. The molecule has 10 nitrogen and oxygen atoms in total. The van der Waals surface area contributed by atoms with E-state index in [0.29, 0.717) is 18.1 Å². The van der Waals surface area contributed by atoms with E-state index >= 15 is 0 Å². The van der Waals surface area contributed by atoms with Crippen LogP contribution in [0.2, 0.25) is 0 Å². The van der Waals surface area contributed by atoms with E-state index in [4.69, 9.17) is 14.9 Å². The molecule has 1 aromatic carbocycles. The van der Waals surface area contributed by atoms with Crippen molar-refractivity contribution >= 4 is 11.9 Å². The van der Waals surface area contributed by atoms with E-state index in [9.17, 15) is 24.3 Å². The highest BCUT2D eigenvalue weighted by Crippen LogP contribution is 2.17. The molecule has 3 aromatic rings. The minimum Gasteiger partial charge on any atom is -0.503 e. The van der Waals surface area contributed by atoms with E-state index in [-0.39, 0.29) is 29.4 Å². The molecule has 0 fully saturated rings. The van der Waals surface area contributed by atoms with Crippen LogP contribution in [0.15, 0.2) is 64.4 Å². The lowest BCUT2D eigenvalue weighted by Crippen LogP contribution is -2.15. The number of unbranched alkanes of at least 4 members (excludes halogenated alkanes) is 14. The maximum Gasteiger partial charge on any atom is 0.303 e. The molecule has 0 aliphatic heterocycles. The molecule has 0 bridgehead atoms. The number of aliphatic carboxylic acids is 2. The van der Waals surface area contributed by atoms with Gasteiger partial charge in [0.05, 0.1) is 11.4 Å². The quantitative estimate of drug-likeness (QED) is 0.0740. The number of aromatic nitrogens is 2. The fraction of sp³-hybridized carbons (Fsp3) is 0.561. The molecule has 0 radical (unpaired) electrons. The van der Waals surface area contributed by atoms with Crippen molar-refractivity contribution in [2.75, 3.05) is 0 Å². The van der Waals surface area contributed by atoms with E-state index in [1.165, 1.54) is 38.2 Å². The predicted molar refractivity (Wildman–Crippen MR) is 202 cm³/mol. The third-order valence-corrected chi connectivity index (χ3v) is 9.11. The summed E-state index contributed by atoms with van der Waals surface area (Å²) in [4.78, 5) is 44.3. The molecule has 3 N–H and O–H groups in total. The molecule has 2 heterocycles. The summed E-state index contributed by atoms with van der Waals surface area (Å²) in [7, 11) is 0. The number of hydrogen-bond acceptors (Lipinski definition) is 6. The summed E-state index contributed by atoms with van der Waals surface area (Å²) >= 11 is 0. The lowest BCUT2D eigenvalue weighted by Gasteiger charge is -2.15. The van der Waals surface area contributed by atoms with E-state index < -0.39 is 11.9 Å². The van der Waals surface area contributed by atoms with Crippen LogP contribution in [-0.2, 0) is 29.3 Å². The van der Waals surface area contributed by atoms with Crippen LogP contribution >= 0.6 is 0 Å². The van der Waals surface area contributed by atoms with Gasteiger partial charge in [-0.25, -0.2) is 0 Å². The molecule has 2 aromatic heterocycles. The van der Waals surface area contributed by atoms with Crippen LogP contribution in [0.4, 0.5) is 0 Å². The Morgan fingerprint density at radius 3 is 1.45 bits per heavy atom. The smallest absolute Gasteiger partial charge is 0.303 e. The number of ether oxygens (including phenoxy) is 1. The van der Waals surface area contributed by atoms with Crippen LogP contribution in [0.3, 0.4) is 0 Å². The van der Waals surface area contributed by atoms with Gasteiger partial charge in [-0.2, -0.15) is 0 Å². The van der Waals surface area contributed by atoms with Gasteiger partial charge in [0.15, 0.2) is 11.5 Å². The maximum absolute atomic E-state index is 12.2. The second-order valence-electron chi connectivity index (χ2n) is 13.3. The van der Waals surface area contributed by atoms with Gasteiger partial charge < -0.3 is 29.2 Å². The maximum atomic E-state index is 12.2. The Kier molecular flexibility index (Phi) is 21.5. The van der Waals surface area contributed by atoms with Crippen LogP contribution in [0.25, 0.3) is 0 Å². The molecule has 282 valence electrons. The largest absolute Gasteiger partial charge is 0.503 e. The molecule has 0 aliphatic rings. The number of hydrogen-bond donors (Lipinski definition) is 3. The monoisotopic (exact) mass is 708 g/mol. The van der Waals surface area contributed by atoms with Gasteiger partial charge in [-0.3, -0.25) is 19.2 Å². The molecule has 0 spiro atoms. The van der Waals surface area contributed by atoms with Crippen molar-refractivity contribution < 1.29 is 29.6 Å². The summed E-state index contributed by atoms with van der Waals surface area (Å²) in [5.41, 5.74) is 2.16. The van der Waals surface area contributed by atoms with Crippen molar-refractivity contribution in [2.24, 2.45) is 0 Å². The second kappa shape index (κ2) is 25.6. The van der Waals surface area contributed by atoms with Crippen LogP contribution in [0.5, 0.6) is 11.5 Å². The number of pyridine rings is 2. The Balaban J connectivity index is 0.000000368. The lowest BCUT2D eigenvalue weighted by atomic mass is 10.1. The number of carboxylic acid groups (broad SMARTS) is 2. The molecule has 0 unspecified atom stereocenters. The average Bonchev–Trinajstić information content (AvgIpc) is 3.11. The Morgan fingerprint density at radius 1 is 0.569 bits per heavy atom. The van der Waals surface area contributed by atoms with Crippen LogP contribution in [0.1, 0.15) is 133 Å². The van der Waals surface area contributed by atoms with Crippen molar-refractivity contribution in [3.8, 4) is 11.5 Å². The fourth-order valence-electron chi connectivity index (χ4n) is 5.94. The van der Waals surface area contributed by atoms with Crippen molar-refractivity contribution in [2.45, 2.75) is 149 Å². The first-order valence-electron chi connectivity index (χ1n) is 18.8. The minimum absolute atomic E-state index is 0.0717. The third-order valence-electron chi connectivity index (χ3n) is 9.11. The number of nitrogens with zero attached hydrogens (tertiary/aromatic N) is 2. The van der Waals surface area contributed by atoms with E-state index in [1.54, 1.807) is 19.2 Å². The highest BCUT2D eigenvalue weighted by atomic mass is 16.5. The molecule has 0 saturated heterocycles. The first kappa shape index (κ1) is 42.8. The van der Waals surface area contributed by atoms with Gasteiger partial charge in [-0.05, 0) is 45.1 Å². The molecule has 0 saturated carbocycles. The van der Waals surface area contributed by atoms with Gasteiger partial charge in [0.1, 0.15) is 6.61 Å². The summed E-state index contributed by atoms with van der Waals surface area (Å²) in [6.45, 7) is 5.80. The third kappa shape index (κ3) is 18.5. The number of benzene rings is 1. The van der Waals surface area contributed by atoms with Gasteiger partial charge >= 0.3 is 11.9 Å². The highest BCUT2D eigenvalue weighted by molar-refractivity contribution is 5.66. The number of carbonyl (C=O) groups is 2. The Labute approximate surface area is 303 Å². The van der Waals surface area contributed by atoms with Gasteiger partial charge in [0, 0.05) is 50.5 Å². The van der Waals surface area contributed by atoms with E-state index in [1.807, 2.05) is 48.0 Å². The van der Waals surface area contributed by atoms with Crippen molar-refractivity contribution in [1.29, 1.82) is 0 Å². The van der Waals surface area contributed by atoms with Crippen molar-refractivity contribution in [3.05, 3.63) is 92.3 Å². The summed E-state index contributed by atoms with van der Waals surface area (Å²) < 4.78 is 9.85. The number of rotatable bonds is 25. The Bertz CT molecular complexity index is 1550. The number of aryl methyl sites for hydroxylation is 2.